The van der Waals surface area contributed by atoms with E-state index in [1.54, 1.807) is 18.1 Å². The largest absolute Gasteiger partial charge is 0.334 e. The molecule has 0 bridgehead atoms. The lowest BCUT2D eigenvalue weighted by Gasteiger charge is -2.19. The van der Waals surface area contributed by atoms with Gasteiger partial charge in [0.2, 0.25) is 0 Å². The fraction of sp³-hybridized carbons (Fsp3) is 0.200. The van der Waals surface area contributed by atoms with Crippen molar-refractivity contribution in [2.24, 2.45) is 0 Å². The summed E-state index contributed by atoms with van der Waals surface area (Å²) in [5.74, 6) is 0. The van der Waals surface area contributed by atoms with Gasteiger partial charge in [-0.1, -0.05) is 48.0 Å². The molecule has 0 atom stereocenters. The maximum absolute atomic E-state index is 12.4. The molecule has 2 amide bonds. The summed E-state index contributed by atoms with van der Waals surface area (Å²) >= 11 is 5.89. The average Bonchev–Trinajstić information content (AvgIpc) is 3.15. The minimum absolute atomic E-state index is 0.117. The van der Waals surface area contributed by atoms with E-state index in [0.717, 1.165) is 16.7 Å². The summed E-state index contributed by atoms with van der Waals surface area (Å²) < 4.78 is 1.87. The third-order valence-electron chi connectivity index (χ3n) is 4.12. The van der Waals surface area contributed by atoms with E-state index >= 15 is 0 Å². The van der Waals surface area contributed by atoms with Gasteiger partial charge in [-0.25, -0.2) is 4.79 Å². The Bertz CT molecular complexity index is 847. The number of halogens is 1. The molecule has 2 aromatic carbocycles. The van der Waals surface area contributed by atoms with Gasteiger partial charge in [0.05, 0.1) is 6.54 Å². The zero-order chi connectivity index (χ0) is 18.4. The van der Waals surface area contributed by atoms with E-state index in [-0.39, 0.29) is 6.03 Å². The number of rotatable bonds is 6. The molecule has 0 fully saturated rings. The minimum Gasteiger partial charge on any atom is -0.334 e. The Morgan fingerprint density at radius 1 is 1.12 bits per heavy atom. The molecule has 134 valence electrons. The molecule has 0 aliphatic heterocycles. The highest BCUT2D eigenvalue weighted by atomic mass is 35.5. The Labute approximate surface area is 158 Å². The van der Waals surface area contributed by atoms with Gasteiger partial charge in [0.15, 0.2) is 0 Å². The summed E-state index contributed by atoms with van der Waals surface area (Å²) in [7, 11) is 1.78. The van der Waals surface area contributed by atoms with E-state index in [2.05, 4.69) is 16.5 Å². The zero-order valence-corrected chi connectivity index (χ0v) is 15.4. The predicted molar refractivity (Wildman–Crippen MR) is 103 cm³/mol. The van der Waals surface area contributed by atoms with Crippen molar-refractivity contribution in [1.82, 2.24) is 20.0 Å². The van der Waals surface area contributed by atoms with Crippen LogP contribution in [0.4, 0.5) is 4.79 Å². The number of nitrogens with one attached hydrogen (secondary N) is 1. The van der Waals surface area contributed by atoms with Crippen molar-refractivity contribution >= 4 is 17.6 Å². The number of urea groups is 1. The van der Waals surface area contributed by atoms with Gasteiger partial charge in [-0.05, 0) is 34.9 Å². The average molecular weight is 369 g/mol. The fourth-order valence-electron chi connectivity index (χ4n) is 2.69. The molecule has 0 saturated heterocycles. The fourth-order valence-corrected chi connectivity index (χ4v) is 2.82. The van der Waals surface area contributed by atoms with Crippen molar-refractivity contribution < 1.29 is 4.79 Å². The quantitative estimate of drug-likeness (QED) is 0.716. The van der Waals surface area contributed by atoms with Crippen LogP contribution in [-0.2, 0) is 19.6 Å². The molecule has 5 nitrogen and oxygen atoms in total. The zero-order valence-electron chi connectivity index (χ0n) is 14.6. The summed E-state index contributed by atoms with van der Waals surface area (Å²) in [5.41, 5.74) is 3.25. The summed E-state index contributed by atoms with van der Waals surface area (Å²) in [6.07, 6.45) is 3.69. The van der Waals surface area contributed by atoms with Gasteiger partial charge < -0.3 is 10.2 Å². The van der Waals surface area contributed by atoms with Crippen LogP contribution in [0.2, 0.25) is 5.02 Å². The first-order chi connectivity index (χ1) is 12.6. The topological polar surface area (TPSA) is 50.2 Å². The number of benzene rings is 2. The summed E-state index contributed by atoms with van der Waals surface area (Å²) in [6.45, 7) is 1.68. The number of aromatic nitrogens is 2. The first kappa shape index (κ1) is 18.0. The lowest BCUT2D eigenvalue weighted by molar-refractivity contribution is 0.206. The molecule has 0 saturated carbocycles. The van der Waals surface area contributed by atoms with Gasteiger partial charge in [0.1, 0.15) is 0 Å². The molecule has 0 aliphatic rings. The maximum atomic E-state index is 12.4. The van der Waals surface area contributed by atoms with Crippen molar-refractivity contribution in [3.05, 3.63) is 88.7 Å². The van der Waals surface area contributed by atoms with E-state index in [4.69, 9.17) is 11.6 Å². The molecule has 1 aromatic heterocycles. The summed E-state index contributed by atoms with van der Waals surface area (Å²) in [5, 5.41) is 7.91. The van der Waals surface area contributed by atoms with Crippen LogP contribution in [0.1, 0.15) is 16.7 Å². The van der Waals surface area contributed by atoms with Gasteiger partial charge >= 0.3 is 6.03 Å². The van der Waals surface area contributed by atoms with Gasteiger partial charge in [-0.15, -0.1) is 0 Å². The van der Waals surface area contributed by atoms with Crippen molar-refractivity contribution in [2.75, 3.05) is 7.05 Å². The second kappa shape index (κ2) is 8.54. The highest BCUT2D eigenvalue weighted by molar-refractivity contribution is 6.30. The Morgan fingerprint density at radius 2 is 1.85 bits per heavy atom. The first-order valence-electron chi connectivity index (χ1n) is 8.39. The van der Waals surface area contributed by atoms with Crippen LogP contribution in [0, 0.1) is 0 Å². The monoisotopic (exact) mass is 368 g/mol. The number of hydrogen-bond acceptors (Lipinski definition) is 2. The highest BCUT2D eigenvalue weighted by Gasteiger charge is 2.10. The van der Waals surface area contributed by atoms with Gasteiger partial charge in [0.25, 0.3) is 0 Å². The van der Waals surface area contributed by atoms with Crippen LogP contribution in [0.3, 0.4) is 0 Å². The molecule has 26 heavy (non-hydrogen) atoms. The van der Waals surface area contributed by atoms with Crippen molar-refractivity contribution in [3.63, 3.8) is 0 Å². The standard InChI is InChI=1S/C20H21ClN4O/c1-24(14-16-7-9-19(21)10-8-16)20(26)22-13-17-5-2-3-6-18(17)15-25-12-4-11-23-25/h2-12H,13-15H2,1H3,(H,22,26). The smallest absolute Gasteiger partial charge is 0.317 e. The Balaban J connectivity index is 1.58. The molecule has 1 heterocycles. The Hall–Kier alpha value is -2.79. The second-order valence-corrected chi connectivity index (χ2v) is 6.55. The second-order valence-electron chi connectivity index (χ2n) is 6.11. The third-order valence-corrected chi connectivity index (χ3v) is 4.37. The van der Waals surface area contributed by atoms with E-state index in [0.29, 0.717) is 24.7 Å². The van der Waals surface area contributed by atoms with Crippen LogP contribution in [-0.4, -0.2) is 27.8 Å². The first-order valence-corrected chi connectivity index (χ1v) is 8.77. The Morgan fingerprint density at radius 3 is 2.54 bits per heavy atom. The van der Waals surface area contributed by atoms with Crippen molar-refractivity contribution in [3.8, 4) is 0 Å². The number of nitrogens with zero attached hydrogens (tertiary/aromatic N) is 3. The molecule has 0 aliphatic carbocycles. The van der Waals surface area contributed by atoms with Crippen LogP contribution >= 0.6 is 11.6 Å². The maximum Gasteiger partial charge on any atom is 0.317 e. The predicted octanol–water partition coefficient (Wildman–Crippen LogP) is 3.93. The molecule has 0 radical (unpaired) electrons. The lowest BCUT2D eigenvalue weighted by atomic mass is 10.1. The van der Waals surface area contributed by atoms with Crippen molar-refractivity contribution in [1.29, 1.82) is 0 Å². The van der Waals surface area contributed by atoms with Crippen LogP contribution < -0.4 is 5.32 Å². The van der Waals surface area contributed by atoms with Crippen LogP contribution in [0.15, 0.2) is 67.0 Å². The number of amides is 2. The van der Waals surface area contributed by atoms with Crippen LogP contribution in [0.5, 0.6) is 0 Å². The van der Waals surface area contributed by atoms with E-state index in [1.165, 1.54) is 0 Å². The third kappa shape index (κ3) is 4.86. The molecule has 6 heteroatoms. The molecular formula is C20H21ClN4O. The van der Waals surface area contributed by atoms with E-state index in [1.807, 2.05) is 59.4 Å². The number of hydrogen-bond donors (Lipinski definition) is 1. The Kier molecular flexibility index (Phi) is 5.92. The summed E-state index contributed by atoms with van der Waals surface area (Å²) in [6, 6.07) is 17.3. The molecule has 0 spiro atoms. The van der Waals surface area contributed by atoms with Gasteiger partial charge in [-0.2, -0.15) is 5.10 Å². The molecule has 3 aromatic rings. The molecular weight excluding hydrogens is 348 g/mol. The SMILES string of the molecule is CN(Cc1ccc(Cl)cc1)C(=O)NCc1ccccc1Cn1cccn1. The number of carbonyl (C=O) groups is 1. The van der Waals surface area contributed by atoms with Gasteiger partial charge in [0, 0.05) is 37.6 Å². The lowest BCUT2D eigenvalue weighted by Crippen LogP contribution is -2.36. The van der Waals surface area contributed by atoms with Crippen LogP contribution in [0.25, 0.3) is 0 Å². The minimum atomic E-state index is -0.117. The normalized spacial score (nSPS) is 10.5. The molecule has 1 N–H and O–H groups in total. The number of carbonyl (C=O) groups excluding carboxylic acids is 1. The highest BCUT2D eigenvalue weighted by Crippen LogP contribution is 2.12. The van der Waals surface area contributed by atoms with E-state index in [9.17, 15) is 4.79 Å². The molecule has 0 unspecified atom stereocenters. The molecule has 3 rings (SSSR count). The van der Waals surface area contributed by atoms with Gasteiger partial charge in [-0.3, -0.25) is 4.68 Å². The van der Waals surface area contributed by atoms with E-state index < -0.39 is 0 Å². The van der Waals surface area contributed by atoms with Crippen molar-refractivity contribution in [2.45, 2.75) is 19.6 Å². The summed E-state index contributed by atoms with van der Waals surface area (Å²) in [4.78, 5) is 14.0.